The van der Waals surface area contributed by atoms with Gasteiger partial charge in [-0.1, -0.05) is 0 Å². The molecule has 24 heavy (non-hydrogen) atoms. The number of nitrogens with zero attached hydrogens (tertiary/aromatic N) is 1. The number of aromatic hydroxyl groups is 1. The molecule has 1 heterocycles. The molecule has 1 amide bonds. The van der Waals surface area contributed by atoms with E-state index in [4.69, 9.17) is 9.47 Å². The maximum Gasteiger partial charge on any atom is 0.328 e. The van der Waals surface area contributed by atoms with Gasteiger partial charge in [-0.15, -0.1) is 12.4 Å². The molecule has 1 atom stereocenters. The van der Waals surface area contributed by atoms with Crippen molar-refractivity contribution in [3.8, 4) is 5.75 Å². The summed E-state index contributed by atoms with van der Waals surface area (Å²) in [6.45, 7) is 3.71. The van der Waals surface area contributed by atoms with Crippen molar-refractivity contribution in [3.63, 3.8) is 0 Å². The number of ether oxygens (including phenoxy) is 2. The number of esters is 2. The van der Waals surface area contributed by atoms with E-state index >= 15 is 0 Å². The minimum Gasteiger partial charge on any atom is -0.506 e. The van der Waals surface area contributed by atoms with Crippen molar-refractivity contribution in [1.82, 2.24) is 10.3 Å². The van der Waals surface area contributed by atoms with E-state index in [1.165, 1.54) is 18.5 Å². The summed E-state index contributed by atoms with van der Waals surface area (Å²) in [4.78, 5) is 39.1. The van der Waals surface area contributed by atoms with Crippen LogP contribution >= 0.6 is 12.4 Å². The Hall–Kier alpha value is -2.35. The van der Waals surface area contributed by atoms with Crippen molar-refractivity contribution in [2.75, 3.05) is 13.2 Å². The van der Waals surface area contributed by atoms with Crippen LogP contribution in [-0.4, -0.2) is 47.2 Å². The third-order valence-electron chi connectivity index (χ3n) is 2.80. The highest BCUT2D eigenvalue weighted by molar-refractivity contribution is 5.96. The van der Waals surface area contributed by atoms with Crippen LogP contribution in [0.3, 0.4) is 0 Å². The topological polar surface area (TPSA) is 115 Å². The fourth-order valence-corrected chi connectivity index (χ4v) is 1.78. The van der Waals surface area contributed by atoms with E-state index in [0.717, 1.165) is 0 Å². The number of pyridine rings is 1. The molecular formula is C15H21ClN2O6. The van der Waals surface area contributed by atoms with E-state index in [1.807, 2.05) is 0 Å². The number of carbonyl (C=O) groups excluding carboxylic acids is 3. The fraction of sp³-hybridized carbons (Fsp3) is 0.467. The molecular weight excluding hydrogens is 340 g/mol. The van der Waals surface area contributed by atoms with E-state index in [1.54, 1.807) is 13.8 Å². The number of hydrogen-bond acceptors (Lipinski definition) is 7. The number of halogens is 1. The normalized spacial score (nSPS) is 10.9. The second-order valence-electron chi connectivity index (χ2n) is 4.55. The largest absolute Gasteiger partial charge is 0.506 e. The van der Waals surface area contributed by atoms with Crippen LogP contribution in [0.5, 0.6) is 5.75 Å². The molecule has 0 fully saturated rings. The molecule has 0 spiro atoms. The van der Waals surface area contributed by atoms with Gasteiger partial charge in [-0.2, -0.15) is 0 Å². The second kappa shape index (κ2) is 11.2. The van der Waals surface area contributed by atoms with Crippen molar-refractivity contribution < 1.29 is 29.0 Å². The summed E-state index contributed by atoms with van der Waals surface area (Å²) in [6.07, 6.45) is 2.45. The molecule has 1 aromatic heterocycles. The number of amides is 1. The highest BCUT2D eigenvalue weighted by Crippen LogP contribution is 2.10. The van der Waals surface area contributed by atoms with Crippen molar-refractivity contribution in [2.24, 2.45) is 0 Å². The average molecular weight is 361 g/mol. The minimum atomic E-state index is -0.991. The lowest BCUT2D eigenvalue weighted by atomic mass is 10.1. The molecule has 1 unspecified atom stereocenters. The Morgan fingerprint density at radius 3 is 2.46 bits per heavy atom. The van der Waals surface area contributed by atoms with Crippen LogP contribution in [0.2, 0.25) is 0 Å². The lowest BCUT2D eigenvalue weighted by Gasteiger charge is -2.17. The molecule has 2 N–H and O–H groups in total. The molecule has 0 aliphatic rings. The molecule has 1 aromatic rings. The Labute approximate surface area is 146 Å². The van der Waals surface area contributed by atoms with E-state index < -0.39 is 23.9 Å². The predicted octanol–water partition coefficient (Wildman–Crippen LogP) is 1.21. The van der Waals surface area contributed by atoms with Gasteiger partial charge < -0.3 is 19.9 Å². The Bertz CT molecular complexity index is 567. The van der Waals surface area contributed by atoms with Gasteiger partial charge in [-0.3, -0.25) is 14.6 Å². The summed E-state index contributed by atoms with van der Waals surface area (Å²) in [5.74, 6) is -1.87. The van der Waals surface area contributed by atoms with Crippen molar-refractivity contribution in [1.29, 1.82) is 0 Å². The van der Waals surface area contributed by atoms with Gasteiger partial charge in [0.25, 0.3) is 5.91 Å². The quantitative estimate of drug-likeness (QED) is 0.669. The van der Waals surface area contributed by atoms with Crippen LogP contribution in [0.4, 0.5) is 0 Å². The van der Waals surface area contributed by atoms with Gasteiger partial charge in [-0.25, -0.2) is 4.79 Å². The van der Waals surface area contributed by atoms with Gasteiger partial charge in [0.05, 0.1) is 25.0 Å². The van der Waals surface area contributed by atoms with Gasteiger partial charge in [0.2, 0.25) is 0 Å². The van der Waals surface area contributed by atoms with Gasteiger partial charge in [0.15, 0.2) is 0 Å². The van der Waals surface area contributed by atoms with Gasteiger partial charge in [0.1, 0.15) is 11.8 Å². The molecule has 0 saturated carbocycles. The molecule has 1 rings (SSSR count). The number of hydrogen-bond donors (Lipinski definition) is 2. The zero-order valence-electron chi connectivity index (χ0n) is 13.5. The first-order valence-electron chi connectivity index (χ1n) is 7.25. The van der Waals surface area contributed by atoms with Crippen LogP contribution in [0.1, 0.15) is 37.0 Å². The van der Waals surface area contributed by atoms with E-state index in [0.29, 0.717) is 0 Å². The molecule has 0 aromatic carbocycles. The Kier molecular flexibility index (Phi) is 10.1. The summed E-state index contributed by atoms with van der Waals surface area (Å²) in [5, 5.41) is 11.8. The van der Waals surface area contributed by atoms with Crippen LogP contribution in [0.15, 0.2) is 18.5 Å². The van der Waals surface area contributed by atoms with Gasteiger partial charge >= 0.3 is 11.9 Å². The van der Waals surface area contributed by atoms with Crippen LogP contribution < -0.4 is 5.32 Å². The molecule has 0 bridgehead atoms. The minimum absolute atomic E-state index is 0. The molecule has 0 aliphatic heterocycles. The molecule has 8 nitrogen and oxygen atoms in total. The molecule has 134 valence electrons. The van der Waals surface area contributed by atoms with E-state index in [9.17, 15) is 19.5 Å². The molecule has 0 radical (unpaired) electrons. The third-order valence-corrected chi connectivity index (χ3v) is 2.80. The number of carbonyl (C=O) groups is 3. The van der Waals surface area contributed by atoms with E-state index in [2.05, 4.69) is 10.3 Å². The Morgan fingerprint density at radius 1 is 1.21 bits per heavy atom. The molecule has 0 aliphatic carbocycles. The first-order valence-corrected chi connectivity index (χ1v) is 7.25. The smallest absolute Gasteiger partial charge is 0.328 e. The zero-order valence-corrected chi connectivity index (χ0v) is 14.3. The van der Waals surface area contributed by atoms with Crippen LogP contribution in [0, 0.1) is 0 Å². The molecule has 9 heteroatoms. The summed E-state index contributed by atoms with van der Waals surface area (Å²) >= 11 is 0. The zero-order chi connectivity index (χ0) is 17.2. The highest BCUT2D eigenvalue weighted by Gasteiger charge is 2.24. The number of nitrogens with one attached hydrogen (secondary N) is 1. The summed E-state index contributed by atoms with van der Waals surface area (Å²) in [5.41, 5.74) is 0.0930. The van der Waals surface area contributed by atoms with Gasteiger partial charge in [-0.05, 0) is 26.3 Å². The summed E-state index contributed by atoms with van der Waals surface area (Å²) in [6, 6.07) is 0.227. The number of rotatable bonds is 8. The summed E-state index contributed by atoms with van der Waals surface area (Å²) < 4.78 is 9.68. The first-order chi connectivity index (χ1) is 11.0. The maximum atomic E-state index is 12.1. The van der Waals surface area contributed by atoms with Crippen LogP contribution in [0.25, 0.3) is 0 Å². The van der Waals surface area contributed by atoms with Crippen molar-refractivity contribution in [3.05, 3.63) is 24.0 Å². The maximum absolute atomic E-state index is 12.1. The monoisotopic (exact) mass is 360 g/mol. The SMILES string of the molecule is CCOC(=O)CCC(NC(=O)c1cncc(O)c1)C(=O)OCC.Cl. The van der Waals surface area contributed by atoms with Crippen molar-refractivity contribution >= 4 is 30.3 Å². The van der Waals surface area contributed by atoms with Crippen LogP contribution in [-0.2, 0) is 19.1 Å². The first kappa shape index (κ1) is 21.6. The standard InChI is InChI=1S/C15H20N2O6.ClH/c1-3-22-13(19)6-5-12(15(21)23-4-2)17-14(20)10-7-11(18)9-16-8-10;/h7-9,12,18H,3-6H2,1-2H3,(H,17,20);1H. The number of aromatic nitrogens is 1. The fourth-order valence-electron chi connectivity index (χ4n) is 1.78. The highest BCUT2D eigenvalue weighted by atomic mass is 35.5. The average Bonchev–Trinajstić information content (AvgIpc) is 2.51. The lowest BCUT2D eigenvalue weighted by molar-refractivity contribution is -0.146. The molecule has 0 saturated heterocycles. The predicted molar refractivity (Wildman–Crippen MR) is 86.9 cm³/mol. The summed E-state index contributed by atoms with van der Waals surface area (Å²) in [7, 11) is 0. The second-order valence-corrected chi connectivity index (χ2v) is 4.55. The van der Waals surface area contributed by atoms with Crippen molar-refractivity contribution in [2.45, 2.75) is 32.7 Å². The third kappa shape index (κ3) is 7.28. The lowest BCUT2D eigenvalue weighted by Crippen LogP contribution is -2.42. The van der Waals surface area contributed by atoms with Gasteiger partial charge in [0, 0.05) is 12.6 Å². The Balaban J connectivity index is 0.00000529. The van der Waals surface area contributed by atoms with E-state index in [-0.39, 0.29) is 49.8 Å². The Morgan fingerprint density at radius 2 is 1.88 bits per heavy atom.